The molecule has 0 aliphatic rings. The number of ether oxygens (including phenoxy) is 1. The molecule has 0 aliphatic carbocycles. The molecule has 17 heavy (non-hydrogen) atoms. The number of halogens is 1. The normalized spacial score (nSPS) is 10.2. The van der Waals surface area contributed by atoms with Crippen molar-refractivity contribution >= 4 is 21.6 Å². The summed E-state index contributed by atoms with van der Waals surface area (Å²) in [6.45, 7) is 2.59. The van der Waals surface area contributed by atoms with Gasteiger partial charge in [-0.05, 0) is 48.4 Å². The van der Waals surface area contributed by atoms with E-state index in [1.54, 1.807) is 0 Å². The Morgan fingerprint density at radius 3 is 2.47 bits per heavy atom. The van der Waals surface area contributed by atoms with Crippen LogP contribution in [0.5, 0.6) is 5.75 Å². The van der Waals surface area contributed by atoms with Crippen molar-refractivity contribution in [3.05, 3.63) is 58.1 Å². The average molecular weight is 292 g/mol. The number of nitrogens with two attached hydrogens (primary N) is 1. The van der Waals surface area contributed by atoms with Crippen LogP contribution in [0.15, 0.2) is 46.9 Å². The zero-order valence-corrected chi connectivity index (χ0v) is 11.2. The van der Waals surface area contributed by atoms with Crippen LogP contribution in [0.4, 0.5) is 5.69 Å². The Kier molecular flexibility index (Phi) is 3.69. The molecule has 2 aromatic rings. The SMILES string of the molecule is Cc1cc(Br)ccc1OCc1ccc(N)cc1. The first-order valence-corrected chi connectivity index (χ1v) is 6.18. The molecule has 0 heterocycles. The van der Waals surface area contributed by atoms with Gasteiger partial charge in [-0.25, -0.2) is 0 Å². The Morgan fingerprint density at radius 2 is 1.82 bits per heavy atom. The molecule has 0 unspecified atom stereocenters. The zero-order chi connectivity index (χ0) is 12.3. The largest absolute Gasteiger partial charge is 0.489 e. The Balaban J connectivity index is 2.04. The van der Waals surface area contributed by atoms with Crippen LogP contribution in [0.2, 0.25) is 0 Å². The van der Waals surface area contributed by atoms with Crippen molar-refractivity contribution in [3.63, 3.8) is 0 Å². The van der Waals surface area contributed by atoms with E-state index in [1.165, 1.54) is 0 Å². The second-order valence-electron chi connectivity index (χ2n) is 3.94. The number of hydrogen-bond acceptors (Lipinski definition) is 2. The van der Waals surface area contributed by atoms with Gasteiger partial charge in [-0.1, -0.05) is 28.1 Å². The van der Waals surface area contributed by atoms with Crippen molar-refractivity contribution in [2.24, 2.45) is 0 Å². The Hall–Kier alpha value is -1.48. The van der Waals surface area contributed by atoms with E-state index in [0.29, 0.717) is 6.61 Å². The fraction of sp³-hybridized carbons (Fsp3) is 0.143. The van der Waals surface area contributed by atoms with Gasteiger partial charge in [0.1, 0.15) is 12.4 Å². The van der Waals surface area contributed by atoms with Gasteiger partial charge >= 0.3 is 0 Å². The molecule has 0 aromatic heterocycles. The molecule has 0 saturated carbocycles. The Morgan fingerprint density at radius 1 is 1.12 bits per heavy atom. The van der Waals surface area contributed by atoms with E-state index in [-0.39, 0.29) is 0 Å². The first kappa shape index (κ1) is 12.0. The lowest BCUT2D eigenvalue weighted by molar-refractivity contribution is 0.304. The zero-order valence-electron chi connectivity index (χ0n) is 9.61. The predicted octanol–water partition coefficient (Wildman–Crippen LogP) is 3.92. The smallest absolute Gasteiger partial charge is 0.122 e. The van der Waals surface area contributed by atoms with Gasteiger partial charge in [0.05, 0.1) is 0 Å². The van der Waals surface area contributed by atoms with Gasteiger partial charge in [0, 0.05) is 10.2 Å². The van der Waals surface area contributed by atoms with Gasteiger partial charge < -0.3 is 10.5 Å². The van der Waals surface area contributed by atoms with E-state index in [1.807, 2.05) is 49.4 Å². The third kappa shape index (κ3) is 3.24. The maximum absolute atomic E-state index is 5.76. The monoisotopic (exact) mass is 291 g/mol. The van der Waals surface area contributed by atoms with Gasteiger partial charge in [-0.2, -0.15) is 0 Å². The fourth-order valence-electron chi connectivity index (χ4n) is 1.55. The first-order chi connectivity index (χ1) is 8.15. The summed E-state index contributed by atoms with van der Waals surface area (Å²) in [6.07, 6.45) is 0. The Labute approximate surface area is 110 Å². The average Bonchev–Trinajstić information content (AvgIpc) is 2.30. The van der Waals surface area contributed by atoms with Crippen molar-refractivity contribution in [2.45, 2.75) is 13.5 Å². The number of anilines is 1. The molecular formula is C14H14BrNO. The summed E-state index contributed by atoms with van der Waals surface area (Å²) in [4.78, 5) is 0. The number of rotatable bonds is 3. The molecule has 0 atom stereocenters. The number of benzene rings is 2. The van der Waals surface area contributed by atoms with E-state index in [2.05, 4.69) is 15.9 Å². The molecule has 3 heteroatoms. The van der Waals surface area contributed by atoms with Crippen molar-refractivity contribution in [1.82, 2.24) is 0 Å². The van der Waals surface area contributed by atoms with Crippen molar-refractivity contribution in [1.29, 1.82) is 0 Å². The van der Waals surface area contributed by atoms with Crippen LogP contribution in [0.25, 0.3) is 0 Å². The molecule has 0 aliphatic heterocycles. The van der Waals surface area contributed by atoms with E-state index in [4.69, 9.17) is 10.5 Å². The van der Waals surface area contributed by atoms with Crippen molar-refractivity contribution in [2.75, 3.05) is 5.73 Å². The van der Waals surface area contributed by atoms with Crippen LogP contribution in [0, 0.1) is 6.92 Å². The molecule has 0 bridgehead atoms. The summed E-state index contributed by atoms with van der Waals surface area (Å²) in [5, 5.41) is 0. The molecule has 0 amide bonds. The summed E-state index contributed by atoms with van der Waals surface area (Å²) in [5.74, 6) is 0.907. The lowest BCUT2D eigenvalue weighted by Gasteiger charge is -2.09. The highest BCUT2D eigenvalue weighted by molar-refractivity contribution is 9.10. The summed E-state index contributed by atoms with van der Waals surface area (Å²) < 4.78 is 6.82. The molecule has 0 saturated heterocycles. The quantitative estimate of drug-likeness (QED) is 0.870. The third-order valence-corrected chi connectivity index (χ3v) is 3.00. The van der Waals surface area contributed by atoms with E-state index < -0.39 is 0 Å². The standard InChI is InChI=1S/C14H14BrNO/c1-10-8-12(15)4-7-14(10)17-9-11-2-5-13(16)6-3-11/h2-8H,9,16H2,1H3. The van der Waals surface area contributed by atoms with Crippen LogP contribution in [0.3, 0.4) is 0 Å². The number of aryl methyl sites for hydroxylation is 1. The minimum Gasteiger partial charge on any atom is -0.489 e. The van der Waals surface area contributed by atoms with Crippen molar-refractivity contribution in [3.8, 4) is 5.75 Å². The van der Waals surface area contributed by atoms with E-state index in [9.17, 15) is 0 Å². The van der Waals surface area contributed by atoms with Crippen LogP contribution in [-0.2, 0) is 6.61 Å². The molecule has 2 nitrogen and oxygen atoms in total. The maximum atomic E-state index is 5.76. The molecular weight excluding hydrogens is 278 g/mol. The van der Waals surface area contributed by atoms with Gasteiger partial charge in [-0.15, -0.1) is 0 Å². The van der Waals surface area contributed by atoms with E-state index >= 15 is 0 Å². The molecule has 88 valence electrons. The predicted molar refractivity (Wildman–Crippen MR) is 74.1 cm³/mol. The van der Waals surface area contributed by atoms with Crippen LogP contribution < -0.4 is 10.5 Å². The molecule has 0 spiro atoms. The summed E-state index contributed by atoms with van der Waals surface area (Å²) in [7, 11) is 0. The van der Waals surface area contributed by atoms with Gasteiger partial charge in [0.15, 0.2) is 0 Å². The highest BCUT2D eigenvalue weighted by Gasteiger charge is 2.00. The van der Waals surface area contributed by atoms with Gasteiger partial charge in [0.25, 0.3) is 0 Å². The maximum Gasteiger partial charge on any atom is 0.122 e. The van der Waals surface area contributed by atoms with Gasteiger partial charge in [0.2, 0.25) is 0 Å². The Bertz CT molecular complexity index is 508. The first-order valence-electron chi connectivity index (χ1n) is 5.38. The molecule has 2 rings (SSSR count). The molecule has 2 aromatic carbocycles. The molecule has 0 radical (unpaired) electrons. The lowest BCUT2D eigenvalue weighted by Crippen LogP contribution is -1.97. The van der Waals surface area contributed by atoms with Crippen LogP contribution >= 0.6 is 15.9 Å². The summed E-state index contributed by atoms with van der Waals surface area (Å²) in [6, 6.07) is 13.7. The summed E-state index contributed by atoms with van der Waals surface area (Å²) in [5.41, 5.74) is 8.63. The minimum atomic E-state index is 0.558. The number of hydrogen-bond donors (Lipinski definition) is 1. The number of nitrogen functional groups attached to an aromatic ring is 1. The van der Waals surface area contributed by atoms with Crippen molar-refractivity contribution < 1.29 is 4.74 Å². The van der Waals surface area contributed by atoms with E-state index in [0.717, 1.165) is 27.0 Å². The van der Waals surface area contributed by atoms with Crippen LogP contribution in [-0.4, -0.2) is 0 Å². The highest BCUT2D eigenvalue weighted by Crippen LogP contribution is 2.23. The highest BCUT2D eigenvalue weighted by atomic mass is 79.9. The van der Waals surface area contributed by atoms with Crippen LogP contribution in [0.1, 0.15) is 11.1 Å². The second kappa shape index (κ2) is 5.23. The van der Waals surface area contributed by atoms with Gasteiger partial charge in [-0.3, -0.25) is 0 Å². The molecule has 0 fully saturated rings. The molecule has 2 N–H and O–H groups in total. The second-order valence-corrected chi connectivity index (χ2v) is 4.86. The minimum absolute atomic E-state index is 0.558. The topological polar surface area (TPSA) is 35.2 Å². The fourth-order valence-corrected chi connectivity index (χ4v) is 2.03. The lowest BCUT2D eigenvalue weighted by atomic mass is 10.2. The summed E-state index contributed by atoms with van der Waals surface area (Å²) >= 11 is 3.43. The third-order valence-electron chi connectivity index (χ3n) is 2.51.